The maximum absolute atomic E-state index is 13.9. The number of benzene rings is 1. The fourth-order valence-electron chi connectivity index (χ4n) is 4.03. The van der Waals surface area contributed by atoms with Gasteiger partial charge in [-0.05, 0) is 42.8 Å². The van der Waals surface area contributed by atoms with Crippen LogP contribution in [0, 0.1) is 12.7 Å². The Morgan fingerprint density at radius 1 is 1.22 bits per heavy atom. The lowest BCUT2D eigenvalue weighted by Crippen LogP contribution is -2.54. The number of aliphatic hydroxyl groups excluding tert-OH is 1. The van der Waals surface area contributed by atoms with E-state index in [0.29, 0.717) is 37.6 Å². The van der Waals surface area contributed by atoms with E-state index in [1.54, 1.807) is 6.92 Å². The van der Waals surface area contributed by atoms with E-state index in [0.717, 1.165) is 18.0 Å². The van der Waals surface area contributed by atoms with Crippen LogP contribution < -0.4 is 10.2 Å². The molecule has 170 valence electrons. The molecule has 1 aromatic heterocycles. The number of pyridine rings is 1. The lowest BCUT2D eigenvalue weighted by Gasteiger charge is -2.41. The van der Waals surface area contributed by atoms with Gasteiger partial charge < -0.3 is 20.2 Å². The highest BCUT2D eigenvalue weighted by molar-refractivity contribution is 5.70. The quantitative estimate of drug-likeness (QED) is 0.699. The van der Waals surface area contributed by atoms with E-state index in [2.05, 4.69) is 15.2 Å². The van der Waals surface area contributed by atoms with Gasteiger partial charge in [0.15, 0.2) is 0 Å². The second-order valence-corrected chi connectivity index (χ2v) is 7.87. The minimum Gasteiger partial charge on any atom is -0.395 e. The maximum atomic E-state index is 13.9. The van der Waals surface area contributed by atoms with Gasteiger partial charge in [-0.1, -0.05) is 18.2 Å². The van der Waals surface area contributed by atoms with Crippen LogP contribution >= 0.6 is 0 Å². The number of allylic oxidation sites excluding steroid dienone is 2. The molecule has 1 fully saturated rings. The summed E-state index contributed by atoms with van der Waals surface area (Å²) >= 11 is 0. The summed E-state index contributed by atoms with van der Waals surface area (Å²) in [6.07, 6.45) is 1.04. The average Bonchev–Trinajstić information content (AvgIpc) is 2.79. The molecule has 0 amide bonds. The Morgan fingerprint density at radius 2 is 2.03 bits per heavy atom. The molecule has 1 aromatic carbocycles. The van der Waals surface area contributed by atoms with Crippen molar-refractivity contribution in [3.63, 3.8) is 0 Å². The van der Waals surface area contributed by atoms with Crippen molar-refractivity contribution < 1.29 is 22.7 Å². The molecule has 1 atom stereocenters. The van der Waals surface area contributed by atoms with Gasteiger partial charge in [0.05, 0.1) is 17.9 Å². The third kappa shape index (κ3) is 4.49. The molecule has 5 nitrogen and oxygen atoms in total. The normalized spacial score (nSPS) is 19.3. The zero-order chi connectivity index (χ0) is 22.9. The molecular weight excluding hydrogens is 424 g/mol. The summed E-state index contributed by atoms with van der Waals surface area (Å²) in [5.41, 5.74) is -0.589. The number of aromatic nitrogens is 1. The fourth-order valence-corrected chi connectivity index (χ4v) is 4.03. The number of anilines is 1. The number of aliphatic hydroxyl groups is 1. The number of hydrogen-bond donors (Lipinski definition) is 2. The molecule has 2 aliphatic heterocycles. The van der Waals surface area contributed by atoms with E-state index in [9.17, 15) is 22.7 Å². The fraction of sp³-hybridized carbons (Fsp3) is 0.348. The maximum Gasteiger partial charge on any atom is 0.418 e. The molecule has 3 heterocycles. The first-order valence-corrected chi connectivity index (χ1v) is 10.4. The van der Waals surface area contributed by atoms with Gasteiger partial charge in [-0.15, -0.1) is 0 Å². The predicted octanol–water partition coefficient (Wildman–Crippen LogP) is 3.70. The molecule has 4 rings (SSSR count). The highest BCUT2D eigenvalue weighted by Gasteiger charge is 2.36. The standard InChI is InChI=1S/C23H24F4N4O/c1-15-5-6-16(24)12-18(15)22-19(23(25,26)27)7-8-20(29-22)31-10-3-2-4-21(31)30-11-9-28-17(13-30)14-32/h2-8,12,17,28,32H,9-11,13-14H2,1H3/t17-/m1/s1. The summed E-state index contributed by atoms with van der Waals surface area (Å²) in [4.78, 5) is 8.30. The predicted molar refractivity (Wildman–Crippen MR) is 114 cm³/mol. The van der Waals surface area contributed by atoms with E-state index in [1.807, 2.05) is 23.1 Å². The first kappa shape index (κ1) is 22.3. The minimum absolute atomic E-state index is 0.0128. The second-order valence-electron chi connectivity index (χ2n) is 7.87. The second kappa shape index (κ2) is 8.91. The molecule has 0 radical (unpaired) electrons. The highest BCUT2D eigenvalue weighted by atomic mass is 19.4. The first-order valence-electron chi connectivity index (χ1n) is 10.4. The molecule has 2 aromatic rings. The summed E-state index contributed by atoms with van der Waals surface area (Å²) in [6.45, 7) is 3.97. The number of alkyl halides is 3. The van der Waals surface area contributed by atoms with E-state index in [1.165, 1.54) is 18.2 Å². The number of halogens is 4. The van der Waals surface area contributed by atoms with Crippen molar-refractivity contribution in [3.05, 3.63) is 71.3 Å². The molecule has 0 bridgehead atoms. The van der Waals surface area contributed by atoms with Crippen molar-refractivity contribution in [2.24, 2.45) is 0 Å². The van der Waals surface area contributed by atoms with Crippen molar-refractivity contribution in [2.75, 3.05) is 37.7 Å². The van der Waals surface area contributed by atoms with Gasteiger partial charge in [0, 0.05) is 37.8 Å². The topological polar surface area (TPSA) is 51.6 Å². The Hall–Kier alpha value is -2.91. The SMILES string of the molecule is Cc1ccc(F)cc1-c1nc(N2CC=CC=C2N2CCN[C@@H](CO)C2)ccc1C(F)(F)F. The average molecular weight is 448 g/mol. The van der Waals surface area contributed by atoms with Crippen molar-refractivity contribution in [1.82, 2.24) is 15.2 Å². The number of rotatable bonds is 4. The monoisotopic (exact) mass is 448 g/mol. The molecule has 0 saturated carbocycles. The van der Waals surface area contributed by atoms with Crippen LogP contribution in [0.3, 0.4) is 0 Å². The molecule has 32 heavy (non-hydrogen) atoms. The number of aryl methyl sites for hydroxylation is 1. The zero-order valence-corrected chi connectivity index (χ0v) is 17.5. The molecule has 9 heteroatoms. The number of nitrogens with zero attached hydrogens (tertiary/aromatic N) is 3. The summed E-state index contributed by atoms with van der Waals surface area (Å²) in [5.74, 6) is 0.510. The van der Waals surface area contributed by atoms with E-state index in [-0.39, 0.29) is 23.9 Å². The molecular formula is C23H24F4N4O. The van der Waals surface area contributed by atoms with Crippen LogP contribution in [0.2, 0.25) is 0 Å². The van der Waals surface area contributed by atoms with E-state index in [4.69, 9.17) is 0 Å². The molecule has 0 spiro atoms. The molecule has 0 unspecified atom stereocenters. The van der Waals surface area contributed by atoms with Gasteiger partial charge in [0.2, 0.25) is 0 Å². The first-order chi connectivity index (χ1) is 15.3. The van der Waals surface area contributed by atoms with Gasteiger partial charge in [0.25, 0.3) is 0 Å². The number of nitrogens with one attached hydrogen (secondary N) is 1. The van der Waals surface area contributed by atoms with Crippen molar-refractivity contribution in [2.45, 2.75) is 19.1 Å². The Morgan fingerprint density at radius 3 is 2.78 bits per heavy atom. The van der Waals surface area contributed by atoms with Gasteiger partial charge in [-0.2, -0.15) is 13.2 Å². The number of hydrogen-bond acceptors (Lipinski definition) is 5. The van der Waals surface area contributed by atoms with Crippen LogP contribution in [0.1, 0.15) is 11.1 Å². The van der Waals surface area contributed by atoms with Gasteiger partial charge in [-0.25, -0.2) is 9.37 Å². The zero-order valence-electron chi connectivity index (χ0n) is 17.5. The van der Waals surface area contributed by atoms with E-state index >= 15 is 0 Å². The summed E-state index contributed by atoms with van der Waals surface area (Å²) in [6, 6.07) is 6.01. The third-order valence-corrected chi connectivity index (χ3v) is 5.66. The third-order valence-electron chi connectivity index (χ3n) is 5.66. The van der Waals surface area contributed by atoms with Crippen LogP contribution in [-0.2, 0) is 6.18 Å². The minimum atomic E-state index is -4.63. The summed E-state index contributed by atoms with van der Waals surface area (Å²) in [5, 5.41) is 12.7. The summed E-state index contributed by atoms with van der Waals surface area (Å²) < 4.78 is 55.3. The van der Waals surface area contributed by atoms with Gasteiger partial charge in [0.1, 0.15) is 17.5 Å². The van der Waals surface area contributed by atoms with Crippen LogP contribution in [0.15, 0.2) is 54.4 Å². The molecule has 2 aliphatic rings. The Kier molecular flexibility index (Phi) is 6.21. The summed E-state index contributed by atoms with van der Waals surface area (Å²) in [7, 11) is 0. The molecule has 2 N–H and O–H groups in total. The Labute approximate surface area is 183 Å². The molecule has 1 saturated heterocycles. The van der Waals surface area contributed by atoms with Crippen LogP contribution in [0.25, 0.3) is 11.3 Å². The highest BCUT2D eigenvalue weighted by Crippen LogP contribution is 2.39. The smallest absolute Gasteiger partial charge is 0.395 e. The van der Waals surface area contributed by atoms with Crippen LogP contribution in [-0.4, -0.2) is 53.8 Å². The van der Waals surface area contributed by atoms with Crippen LogP contribution in [0.4, 0.5) is 23.4 Å². The lowest BCUT2D eigenvalue weighted by molar-refractivity contribution is -0.137. The van der Waals surface area contributed by atoms with Crippen LogP contribution in [0.5, 0.6) is 0 Å². The Balaban J connectivity index is 1.77. The van der Waals surface area contributed by atoms with Crippen molar-refractivity contribution in [1.29, 1.82) is 0 Å². The Bertz CT molecular complexity index is 1050. The largest absolute Gasteiger partial charge is 0.418 e. The molecule has 0 aliphatic carbocycles. The van der Waals surface area contributed by atoms with Gasteiger partial charge >= 0.3 is 6.18 Å². The lowest BCUT2D eigenvalue weighted by atomic mass is 10.0. The number of piperazine rings is 1. The van der Waals surface area contributed by atoms with Gasteiger partial charge in [-0.3, -0.25) is 0 Å². The van der Waals surface area contributed by atoms with Crippen molar-refractivity contribution in [3.8, 4) is 11.3 Å². The van der Waals surface area contributed by atoms with E-state index < -0.39 is 17.6 Å². The van der Waals surface area contributed by atoms with Crippen molar-refractivity contribution >= 4 is 5.82 Å².